The number of alkyl halides is 3. The van der Waals surface area contributed by atoms with Gasteiger partial charge in [-0.05, 0) is 12.5 Å². The van der Waals surface area contributed by atoms with Crippen LogP contribution in [-0.4, -0.2) is 25.3 Å². The second kappa shape index (κ2) is 7.13. The van der Waals surface area contributed by atoms with Crippen molar-refractivity contribution in [2.24, 2.45) is 0 Å². The number of ether oxygens (including phenoxy) is 1. The number of hydrogen-bond acceptors (Lipinski definition) is 2. The Hall–Kier alpha value is -1.56. The highest BCUT2D eigenvalue weighted by Gasteiger charge is 2.27. The molecule has 1 aromatic carbocycles. The minimum atomic E-state index is -4.35. The highest BCUT2D eigenvalue weighted by atomic mass is 19.4. The Bertz CT molecular complexity index is 401. The van der Waals surface area contributed by atoms with Crippen LogP contribution in [-0.2, 0) is 16.1 Å². The molecule has 6 heteroatoms. The quantitative estimate of drug-likeness (QED) is 0.810. The van der Waals surface area contributed by atoms with Crippen LogP contribution in [0.5, 0.6) is 0 Å². The lowest BCUT2D eigenvalue weighted by Gasteiger charge is -2.08. The van der Waals surface area contributed by atoms with Gasteiger partial charge in [-0.15, -0.1) is 0 Å². The van der Waals surface area contributed by atoms with Crippen LogP contribution in [0.2, 0.25) is 0 Å². The van der Waals surface area contributed by atoms with Crippen LogP contribution in [0.25, 0.3) is 0 Å². The molecule has 0 saturated carbocycles. The topological polar surface area (TPSA) is 38.3 Å². The number of aryl methyl sites for hydroxylation is 1. The molecule has 19 heavy (non-hydrogen) atoms. The maximum atomic E-state index is 11.8. The molecular formula is C13H16F3NO2. The number of benzene rings is 1. The van der Waals surface area contributed by atoms with E-state index in [1.807, 2.05) is 31.2 Å². The highest BCUT2D eigenvalue weighted by molar-refractivity contribution is 5.75. The normalized spacial score (nSPS) is 11.4. The van der Waals surface area contributed by atoms with Gasteiger partial charge in [0.05, 0.1) is 6.61 Å². The van der Waals surface area contributed by atoms with Gasteiger partial charge < -0.3 is 10.1 Å². The molecule has 1 aromatic rings. The number of amides is 1. The fourth-order valence-corrected chi connectivity index (χ4v) is 1.35. The molecule has 3 nitrogen and oxygen atoms in total. The van der Waals surface area contributed by atoms with E-state index < -0.39 is 12.8 Å². The summed E-state index contributed by atoms with van der Waals surface area (Å²) in [7, 11) is 0. The Morgan fingerprint density at radius 2 is 1.89 bits per heavy atom. The number of carbonyl (C=O) groups excluding carboxylic acids is 1. The first kappa shape index (κ1) is 15.5. The van der Waals surface area contributed by atoms with Crippen molar-refractivity contribution in [3.63, 3.8) is 0 Å². The molecule has 1 rings (SSSR count). The van der Waals surface area contributed by atoms with Gasteiger partial charge in [-0.3, -0.25) is 4.79 Å². The third kappa shape index (κ3) is 7.46. The molecule has 0 atom stereocenters. The molecule has 0 spiro atoms. The first-order valence-corrected chi connectivity index (χ1v) is 5.83. The highest BCUT2D eigenvalue weighted by Crippen LogP contribution is 2.14. The molecule has 0 aliphatic carbocycles. The number of carbonyl (C=O) groups is 1. The Kier molecular flexibility index (Phi) is 5.82. The summed E-state index contributed by atoms with van der Waals surface area (Å²) in [6, 6.07) is 7.62. The van der Waals surface area contributed by atoms with E-state index >= 15 is 0 Å². The van der Waals surface area contributed by atoms with Crippen molar-refractivity contribution in [3.8, 4) is 0 Å². The lowest BCUT2D eigenvalue weighted by molar-refractivity contribution is -0.174. The predicted molar refractivity (Wildman–Crippen MR) is 64.5 cm³/mol. The fraction of sp³-hybridized carbons (Fsp3) is 0.462. The summed E-state index contributed by atoms with van der Waals surface area (Å²) in [5.41, 5.74) is 2.06. The average molecular weight is 275 g/mol. The Labute approximate surface area is 109 Å². The monoisotopic (exact) mass is 275 g/mol. The molecule has 0 aliphatic heterocycles. The smallest absolute Gasteiger partial charge is 0.372 e. The summed E-state index contributed by atoms with van der Waals surface area (Å²) in [6.45, 7) is 0.760. The maximum absolute atomic E-state index is 11.8. The van der Waals surface area contributed by atoms with E-state index in [1.54, 1.807) is 0 Å². The molecule has 0 unspecified atom stereocenters. The maximum Gasteiger partial charge on any atom is 0.411 e. The molecule has 106 valence electrons. The van der Waals surface area contributed by atoms with Crippen LogP contribution in [0.3, 0.4) is 0 Å². The standard InChI is InChI=1S/C13H16F3NO2/c1-10-2-4-11(5-3-10)8-17-12(18)6-7-19-9-13(14,15)16/h2-5H,6-9H2,1H3,(H,17,18). The zero-order chi connectivity index (χ0) is 14.3. The zero-order valence-corrected chi connectivity index (χ0v) is 10.6. The van der Waals surface area contributed by atoms with Crippen LogP contribution in [0.15, 0.2) is 24.3 Å². The second-order valence-electron chi connectivity index (χ2n) is 4.18. The van der Waals surface area contributed by atoms with Crippen LogP contribution in [0.1, 0.15) is 17.5 Å². The molecule has 0 aromatic heterocycles. The average Bonchev–Trinajstić information content (AvgIpc) is 2.33. The number of hydrogen-bond donors (Lipinski definition) is 1. The SMILES string of the molecule is Cc1ccc(CNC(=O)CCOCC(F)(F)F)cc1. The van der Waals surface area contributed by atoms with Gasteiger partial charge in [0, 0.05) is 13.0 Å². The van der Waals surface area contributed by atoms with Crippen molar-refractivity contribution in [1.29, 1.82) is 0 Å². The summed E-state index contributed by atoms with van der Waals surface area (Å²) < 4.78 is 39.6. The van der Waals surface area contributed by atoms with E-state index in [0.717, 1.165) is 11.1 Å². The van der Waals surface area contributed by atoms with Gasteiger partial charge in [-0.1, -0.05) is 29.8 Å². The Morgan fingerprint density at radius 1 is 1.26 bits per heavy atom. The van der Waals surface area contributed by atoms with Crippen molar-refractivity contribution in [1.82, 2.24) is 5.32 Å². The molecule has 0 radical (unpaired) electrons. The number of rotatable bonds is 6. The largest absolute Gasteiger partial charge is 0.411 e. The van der Waals surface area contributed by atoms with Crippen LogP contribution in [0.4, 0.5) is 13.2 Å². The van der Waals surface area contributed by atoms with Gasteiger partial charge in [0.2, 0.25) is 5.91 Å². The Balaban J connectivity index is 2.16. The number of nitrogens with one attached hydrogen (secondary N) is 1. The van der Waals surface area contributed by atoms with E-state index in [0.29, 0.717) is 6.54 Å². The lowest BCUT2D eigenvalue weighted by Crippen LogP contribution is -2.25. The third-order valence-corrected chi connectivity index (χ3v) is 2.35. The van der Waals surface area contributed by atoms with E-state index in [1.165, 1.54) is 0 Å². The van der Waals surface area contributed by atoms with Crippen molar-refractivity contribution in [2.45, 2.75) is 26.1 Å². The van der Waals surface area contributed by atoms with Gasteiger partial charge in [-0.25, -0.2) is 0 Å². The van der Waals surface area contributed by atoms with Crippen LogP contribution in [0, 0.1) is 6.92 Å². The first-order valence-electron chi connectivity index (χ1n) is 5.83. The van der Waals surface area contributed by atoms with Crippen molar-refractivity contribution in [3.05, 3.63) is 35.4 Å². The molecule has 0 saturated heterocycles. The molecule has 1 amide bonds. The van der Waals surface area contributed by atoms with Gasteiger partial charge in [0.25, 0.3) is 0 Å². The van der Waals surface area contributed by atoms with E-state index in [9.17, 15) is 18.0 Å². The van der Waals surface area contributed by atoms with E-state index in [-0.39, 0.29) is 18.9 Å². The van der Waals surface area contributed by atoms with Crippen LogP contribution >= 0.6 is 0 Å². The van der Waals surface area contributed by atoms with Crippen molar-refractivity contribution >= 4 is 5.91 Å². The molecule has 0 aliphatic rings. The second-order valence-corrected chi connectivity index (χ2v) is 4.18. The predicted octanol–water partition coefficient (Wildman–Crippen LogP) is 2.58. The lowest BCUT2D eigenvalue weighted by atomic mass is 10.1. The zero-order valence-electron chi connectivity index (χ0n) is 10.6. The Morgan fingerprint density at radius 3 is 2.47 bits per heavy atom. The first-order chi connectivity index (χ1) is 8.87. The van der Waals surface area contributed by atoms with Gasteiger partial charge in [0.1, 0.15) is 6.61 Å². The van der Waals surface area contributed by atoms with E-state index in [2.05, 4.69) is 10.1 Å². The van der Waals surface area contributed by atoms with Crippen molar-refractivity contribution < 1.29 is 22.7 Å². The summed E-state index contributed by atoms with van der Waals surface area (Å²) in [6.07, 6.45) is -4.43. The summed E-state index contributed by atoms with van der Waals surface area (Å²) in [5, 5.41) is 2.62. The van der Waals surface area contributed by atoms with Gasteiger partial charge >= 0.3 is 6.18 Å². The molecule has 1 N–H and O–H groups in total. The van der Waals surface area contributed by atoms with E-state index in [4.69, 9.17) is 0 Å². The summed E-state index contributed by atoms with van der Waals surface area (Å²) in [4.78, 5) is 11.3. The fourth-order valence-electron chi connectivity index (χ4n) is 1.35. The third-order valence-electron chi connectivity index (χ3n) is 2.35. The number of halogens is 3. The van der Waals surface area contributed by atoms with Gasteiger partial charge in [0.15, 0.2) is 0 Å². The minimum Gasteiger partial charge on any atom is -0.372 e. The molecule has 0 bridgehead atoms. The summed E-state index contributed by atoms with van der Waals surface area (Å²) in [5.74, 6) is -0.331. The molecule has 0 fully saturated rings. The summed E-state index contributed by atoms with van der Waals surface area (Å²) >= 11 is 0. The van der Waals surface area contributed by atoms with Crippen LogP contribution < -0.4 is 5.32 Å². The van der Waals surface area contributed by atoms with Gasteiger partial charge in [-0.2, -0.15) is 13.2 Å². The molecular weight excluding hydrogens is 259 g/mol. The van der Waals surface area contributed by atoms with Crippen molar-refractivity contribution in [2.75, 3.05) is 13.2 Å². The minimum absolute atomic E-state index is 0.0814. The molecule has 0 heterocycles.